The number of rotatable bonds is 3. The maximum Gasteiger partial charge on any atom is 0.283 e. The molecule has 1 aromatic rings. The molecular weight excluding hydrogens is 296 g/mol. The van der Waals surface area contributed by atoms with Crippen molar-refractivity contribution in [3.8, 4) is 0 Å². The van der Waals surface area contributed by atoms with Crippen LogP contribution in [0.3, 0.4) is 0 Å². The summed E-state index contributed by atoms with van der Waals surface area (Å²) < 4.78 is 0. The van der Waals surface area contributed by atoms with Crippen LogP contribution in [0.25, 0.3) is 0 Å². The van der Waals surface area contributed by atoms with Gasteiger partial charge in [-0.05, 0) is 31.7 Å². The molecule has 114 valence electrons. The second-order valence-electron chi connectivity index (χ2n) is 5.26. The second-order valence-corrected chi connectivity index (χ2v) is 5.67. The lowest BCUT2D eigenvalue weighted by Crippen LogP contribution is -2.41. The molecule has 0 aliphatic carbocycles. The van der Waals surface area contributed by atoms with Crippen molar-refractivity contribution < 1.29 is 14.8 Å². The second kappa shape index (κ2) is 6.41. The van der Waals surface area contributed by atoms with Crippen molar-refractivity contribution in [2.75, 3.05) is 13.1 Å². The number of benzene rings is 1. The van der Waals surface area contributed by atoms with Gasteiger partial charge in [0.15, 0.2) is 0 Å². The highest BCUT2D eigenvalue weighted by atomic mass is 35.5. The van der Waals surface area contributed by atoms with Gasteiger partial charge in [-0.25, -0.2) is 0 Å². The fraction of sp³-hybridized carbons (Fsp3) is 0.500. The molecule has 1 heterocycles. The Labute approximate surface area is 127 Å². The number of hydrogen-bond acceptors (Lipinski definition) is 4. The summed E-state index contributed by atoms with van der Waals surface area (Å²) in [5.74, 6) is -0.258. The Hall–Kier alpha value is -1.66. The summed E-state index contributed by atoms with van der Waals surface area (Å²) in [4.78, 5) is 24.5. The van der Waals surface area contributed by atoms with Crippen LogP contribution >= 0.6 is 11.6 Å². The monoisotopic (exact) mass is 312 g/mol. The van der Waals surface area contributed by atoms with E-state index in [0.717, 1.165) is 0 Å². The van der Waals surface area contributed by atoms with Crippen molar-refractivity contribution in [2.45, 2.75) is 25.9 Å². The number of aliphatic hydroxyl groups is 1. The van der Waals surface area contributed by atoms with E-state index in [-0.39, 0.29) is 22.2 Å². The zero-order valence-corrected chi connectivity index (χ0v) is 12.4. The van der Waals surface area contributed by atoms with Gasteiger partial charge in [-0.2, -0.15) is 0 Å². The summed E-state index contributed by atoms with van der Waals surface area (Å²) in [6.07, 6.45) is 0.959. The van der Waals surface area contributed by atoms with Crippen molar-refractivity contribution in [3.63, 3.8) is 0 Å². The zero-order valence-electron chi connectivity index (χ0n) is 11.7. The van der Waals surface area contributed by atoms with E-state index in [0.29, 0.717) is 25.9 Å². The van der Waals surface area contributed by atoms with Crippen LogP contribution in [0.5, 0.6) is 0 Å². The van der Waals surface area contributed by atoms with Crippen LogP contribution < -0.4 is 0 Å². The fourth-order valence-electron chi connectivity index (χ4n) is 2.62. The molecule has 6 nitrogen and oxygen atoms in total. The lowest BCUT2D eigenvalue weighted by Gasteiger charge is -2.33. The highest BCUT2D eigenvalue weighted by Crippen LogP contribution is 2.29. The number of hydrogen-bond donors (Lipinski definition) is 1. The van der Waals surface area contributed by atoms with Gasteiger partial charge in [0, 0.05) is 19.2 Å². The summed E-state index contributed by atoms with van der Waals surface area (Å²) in [6, 6.07) is 4.21. The molecular formula is C14H17ClN2O4. The molecule has 1 N–H and O–H groups in total. The molecule has 1 atom stereocenters. The summed E-state index contributed by atoms with van der Waals surface area (Å²) in [6.45, 7) is 2.68. The zero-order chi connectivity index (χ0) is 15.6. The van der Waals surface area contributed by atoms with Gasteiger partial charge in [0.1, 0.15) is 5.56 Å². The lowest BCUT2D eigenvalue weighted by molar-refractivity contribution is -0.385. The average molecular weight is 313 g/mol. The Kier molecular flexibility index (Phi) is 4.80. The van der Waals surface area contributed by atoms with Crippen LogP contribution in [0, 0.1) is 16.0 Å². The molecule has 1 fully saturated rings. The minimum absolute atomic E-state index is 0.0559. The van der Waals surface area contributed by atoms with E-state index in [1.54, 1.807) is 11.8 Å². The average Bonchev–Trinajstić information content (AvgIpc) is 2.46. The minimum Gasteiger partial charge on any atom is -0.393 e. The Balaban J connectivity index is 2.20. The number of nitro benzene ring substituents is 1. The van der Waals surface area contributed by atoms with Gasteiger partial charge < -0.3 is 10.0 Å². The molecule has 2 rings (SSSR count). The molecule has 1 saturated heterocycles. The Morgan fingerprint density at radius 2 is 2.10 bits per heavy atom. The molecule has 0 spiro atoms. The molecule has 0 saturated carbocycles. The van der Waals surface area contributed by atoms with Gasteiger partial charge in [0.25, 0.3) is 11.6 Å². The maximum absolute atomic E-state index is 12.5. The van der Waals surface area contributed by atoms with Crippen LogP contribution in [-0.4, -0.2) is 40.0 Å². The van der Waals surface area contributed by atoms with Crippen molar-refractivity contribution in [3.05, 3.63) is 38.9 Å². The molecule has 1 aromatic carbocycles. The van der Waals surface area contributed by atoms with E-state index in [4.69, 9.17) is 11.6 Å². The Morgan fingerprint density at radius 3 is 2.62 bits per heavy atom. The number of carbonyl (C=O) groups excluding carboxylic acids is 1. The van der Waals surface area contributed by atoms with Crippen LogP contribution in [0.15, 0.2) is 18.2 Å². The largest absolute Gasteiger partial charge is 0.393 e. The predicted molar refractivity (Wildman–Crippen MR) is 78.4 cm³/mol. The Morgan fingerprint density at radius 1 is 1.48 bits per heavy atom. The molecule has 1 amide bonds. The summed E-state index contributed by atoms with van der Waals surface area (Å²) in [5.41, 5.74) is -0.329. The highest BCUT2D eigenvalue weighted by Gasteiger charge is 2.31. The topological polar surface area (TPSA) is 83.7 Å². The van der Waals surface area contributed by atoms with E-state index in [9.17, 15) is 20.0 Å². The summed E-state index contributed by atoms with van der Waals surface area (Å²) in [5, 5.41) is 20.7. The van der Waals surface area contributed by atoms with Gasteiger partial charge >= 0.3 is 0 Å². The van der Waals surface area contributed by atoms with Gasteiger partial charge in [-0.1, -0.05) is 17.7 Å². The van der Waals surface area contributed by atoms with Gasteiger partial charge in [-0.3, -0.25) is 14.9 Å². The minimum atomic E-state index is -0.596. The van der Waals surface area contributed by atoms with Gasteiger partial charge in [0.2, 0.25) is 0 Å². The third-order valence-electron chi connectivity index (χ3n) is 3.91. The number of likely N-dealkylation sites (tertiary alicyclic amines) is 1. The molecule has 21 heavy (non-hydrogen) atoms. The highest BCUT2D eigenvalue weighted by molar-refractivity contribution is 6.34. The number of piperidine rings is 1. The van der Waals surface area contributed by atoms with Crippen molar-refractivity contribution in [1.82, 2.24) is 4.90 Å². The molecule has 0 radical (unpaired) electrons. The number of nitrogens with zero attached hydrogens (tertiary/aromatic N) is 2. The third-order valence-corrected chi connectivity index (χ3v) is 4.23. The van der Waals surface area contributed by atoms with Crippen LogP contribution in [0.1, 0.15) is 30.1 Å². The normalized spacial score (nSPS) is 17.6. The van der Waals surface area contributed by atoms with Gasteiger partial charge in [-0.15, -0.1) is 0 Å². The smallest absolute Gasteiger partial charge is 0.283 e. The number of halogens is 1. The van der Waals surface area contributed by atoms with E-state index in [2.05, 4.69) is 0 Å². The molecule has 1 aliphatic heterocycles. The first-order valence-corrected chi connectivity index (χ1v) is 7.20. The standard InChI is InChI=1S/C14H17ClN2O4/c1-9(18)10-5-7-16(8-6-10)14(19)13-11(15)3-2-4-12(13)17(20)21/h2-4,9-10,18H,5-8H2,1H3. The van der Waals surface area contributed by atoms with E-state index in [1.807, 2.05) is 0 Å². The van der Waals surface area contributed by atoms with Crippen LogP contribution in [0.4, 0.5) is 5.69 Å². The number of aliphatic hydroxyl groups excluding tert-OH is 1. The van der Waals surface area contributed by atoms with Crippen molar-refractivity contribution in [2.24, 2.45) is 5.92 Å². The first kappa shape index (κ1) is 15.7. The van der Waals surface area contributed by atoms with Gasteiger partial charge in [0.05, 0.1) is 16.0 Å². The number of amides is 1. The maximum atomic E-state index is 12.5. The fourth-order valence-corrected chi connectivity index (χ4v) is 2.87. The van der Waals surface area contributed by atoms with E-state index >= 15 is 0 Å². The molecule has 1 aliphatic rings. The Bertz CT molecular complexity index is 554. The van der Waals surface area contributed by atoms with E-state index < -0.39 is 16.9 Å². The number of carbonyl (C=O) groups is 1. The van der Waals surface area contributed by atoms with Crippen molar-refractivity contribution in [1.29, 1.82) is 0 Å². The van der Waals surface area contributed by atoms with Crippen molar-refractivity contribution >= 4 is 23.2 Å². The quantitative estimate of drug-likeness (QED) is 0.686. The molecule has 1 unspecified atom stereocenters. The molecule has 0 bridgehead atoms. The first-order valence-electron chi connectivity index (χ1n) is 6.82. The number of nitro groups is 1. The predicted octanol–water partition coefficient (Wildman–Crippen LogP) is 2.48. The summed E-state index contributed by atoms with van der Waals surface area (Å²) >= 11 is 5.97. The molecule has 0 aromatic heterocycles. The SMILES string of the molecule is CC(O)C1CCN(C(=O)c2c(Cl)cccc2[N+](=O)[O-])CC1. The first-order chi connectivity index (χ1) is 9.91. The molecule has 7 heteroatoms. The lowest BCUT2D eigenvalue weighted by atomic mass is 9.92. The van der Waals surface area contributed by atoms with E-state index in [1.165, 1.54) is 18.2 Å². The van der Waals surface area contributed by atoms with Crippen LogP contribution in [-0.2, 0) is 0 Å². The third kappa shape index (κ3) is 3.33. The summed E-state index contributed by atoms with van der Waals surface area (Å²) in [7, 11) is 0. The van der Waals surface area contributed by atoms with Crippen LogP contribution in [0.2, 0.25) is 5.02 Å².